The molecule has 27 heavy (non-hydrogen) atoms. The molecule has 2 aromatic rings. The summed E-state index contributed by atoms with van der Waals surface area (Å²) in [6, 6.07) is 14.5. The van der Waals surface area contributed by atoms with Crippen LogP contribution in [0.5, 0.6) is 5.75 Å². The van der Waals surface area contributed by atoms with Crippen LogP contribution in [0.1, 0.15) is 27.2 Å². The highest BCUT2D eigenvalue weighted by Gasteiger charge is 2.07. The number of amides is 2. The van der Waals surface area contributed by atoms with Crippen molar-refractivity contribution < 1.29 is 14.3 Å². The first kappa shape index (κ1) is 20.3. The third-order valence-corrected chi connectivity index (χ3v) is 3.74. The summed E-state index contributed by atoms with van der Waals surface area (Å²) in [5.41, 5.74) is 2.25. The molecule has 0 spiro atoms. The Labute approximate surface area is 160 Å². The first-order valence-corrected chi connectivity index (χ1v) is 9.15. The molecule has 2 amide bonds. The predicted octanol–water partition coefficient (Wildman–Crippen LogP) is 4.12. The van der Waals surface area contributed by atoms with Gasteiger partial charge in [-0.25, -0.2) is 0 Å². The number of anilines is 3. The lowest BCUT2D eigenvalue weighted by Crippen LogP contribution is -2.21. The van der Waals surface area contributed by atoms with Gasteiger partial charge >= 0.3 is 0 Å². The van der Waals surface area contributed by atoms with E-state index in [1.807, 2.05) is 50.2 Å². The Balaban J connectivity index is 1.78. The maximum absolute atomic E-state index is 12.1. The van der Waals surface area contributed by atoms with Crippen molar-refractivity contribution in [3.05, 3.63) is 48.5 Å². The normalized spacial score (nSPS) is 10.4. The Hall–Kier alpha value is -3.02. The number of nitrogens with one attached hydrogen (secondary N) is 3. The molecule has 2 rings (SSSR count). The van der Waals surface area contributed by atoms with Gasteiger partial charge in [0.05, 0.1) is 13.2 Å². The average molecular weight is 369 g/mol. The molecule has 0 fully saturated rings. The van der Waals surface area contributed by atoms with Gasteiger partial charge in [0.25, 0.3) is 0 Å². The largest absolute Gasteiger partial charge is 0.494 e. The van der Waals surface area contributed by atoms with E-state index < -0.39 is 0 Å². The lowest BCUT2D eigenvalue weighted by Gasteiger charge is -2.11. The molecule has 0 atom stereocenters. The second-order valence-electron chi connectivity index (χ2n) is 6.50. The Kier molecular flexibility index (Phi) is 7.67. The Morgan fingerprint density at radius 2 is 1.44 bits per heavy atom. The van der Waals surface area contributed by atoms with Gasteiger partial charge in [-0.05, 0) is 55.0 Å². The zero-order chi connectivity index (χ0) is 19.6. The summed E-state index contributed by atoms with van der Waals surface area (Å²) in [5.74, 6) is 0.548. The Bertz CT molecular complexity index is 740. The number of ether oxygens (including phenoxy) is 1. The van der Waals surface area contributed by atoms with E-state index in [-0.39, 0.29) is 24.3 Å². The van der Waals surface area contributed by atoms with Crippen LogP contribution in [0, 0.1) is 5.92 Å². The second kappa shape index (κ2) is 10.2. The van der Waals surface area contributed by atoms with Gasteiger partial charge in [-0.15, -0.1) is 0 Å². The zero-order valence-corrected chi connectivity index (χ0v) is 16.0. The number of carbonyl (C=O) groups is 2. The van der Waals surface area contributed by atoms with Gasteiger partial charge in [0.15, 0.2) is 0 Å². The minimum Gasteiger partial charge on any atom is -0.494 e. The average Bonchev–Trinajstić information content (AvgIpc) is 2.67. The molecule has 0 radical (unpaired) electrons. The third kappa shape index (κ3) is 7.01. The van der Waals surface area contributed by atoms with E-state index in [9.17, 15) is 9.59 Å². The highest BCUT2D eigenvalue weighted by atomic mass is 16.5. The zero-order valence-electron chi connectivity index (χ0n) is 16.0. The summed E-state index contributed by atoms with van der Waals surface area (Å²) in [4.78, 5) is 23.7. The molecule has 3 N–H and O–H groups in total. The van der Waals surface area contributed by atoms with Crippen LogP contribution in [-0.4, -0.2) is 25.0 Å². The van der Waals surface area contributed by atoms with Crippen molar-refractivity contribution in [2.45, 2.75) is 27.2 Å². The SMILES string of the molecule is CCCOc1ccc(NC(=O)CNc2ccc(NC(=O)C(C)C)cc2)cc1. The van der Waals surface area contributed by atoms with Crippen molar-refractivity contribution >= 4 is 28.9 Å². The minimum absolute atomic E-state index is 0.0267. The van der Waals surface area contributed by atoms with E-state index in [1.54, 1.807) is 12.1 Å². The van der Waals surface area contributed by atoms with Gasteiger partial charge in [-0.2, -0.15) is 0 Å². The molecular weight excluding hydrogens is 342 g/mol. The van der Waals surface area contributed by atoms with Gasteiger partial charge in [0.2, 0.25) is 11.8 Å². The summed E-state index contributed by atoms with van der Waals surface area (Å²) >= 11 is 0. The molecule has 6 heteroatoms. The quantitative estimate of drug-likeness (QED) is 0.621. The van der Waals surface area contributed by atoms with Crippen molar-refractivity contribution in [1.82, 2.24) is 0 Å². The second-order valence-corrected chi connectivity index (χ2v) is 6.50. The third-order valence-electron chi connectivity index (χ3n) is 3.74. The predicted molar refractivity (Wildman–Crippen MR) is 109 cm³/mol. The van der Waals surface area contributed by atoms with E-state index in [1.165, 1.54) is 0 Å². The fourth-order valence-electron chi connectivity index (χ4n) is 2.20. The molecule has 0 aliphatic heterocycles. The standard InChI is InChI=1S/C21H27N3O3/c1-4-13-27-19-11-9-17(10-12-19)23-20(25)14-22-16-5-7-18(8-6-16)24-21(26)15(2)3/h5-12,15,22H,4,13-14H2,1-3H3,(H,23,25)(H,24,26). The molecule has 0 bridgehead atoms. The first-order chi connectivity index (χ1) is 13.0. The molecular formula is C21H27N3O3. The molecule has 0 saturated heterocycles. The van der Waals surface area contributed by atoms with Crippen molar-refractivity contribution in [2.75, 3.05) is 29.1 Å². The summed E-state index contributed by atoms with van der Waals surface area (Å²) < 4.78 is 5.52. The minimum atomic E-state index is -0.144. The van der Waals surface area contributed by atoms with Gasteiger partial charge in [0, 0.05) is 23.0 Å². The number of hydrogen-bond acceptors (Lipinski definition) is 4. The van der Waals surface area contributed by atoms with Gasteiger partial charge in [-0.1, -0.05) is 20.8 Å². The number of rotatable bonds is 9. The molecule has 6 nitrogen and oxygen atoms in total. The molecule has 0 aliphatic rings. The molecule has 0 aliphatic carbocycles. The fourth-order valence-corrected chi connectivity index (χ4v) is 2.20. The highest BCUT2D eigenvalue weighted by molar-refractivity contribution is 5.94. The van der Waals surface area contributed by atoms with Crippen LogP contribution >= 0.6 is 0 Å². The van der Waals surface area contributed by atoms with Crippen molar-refractivity contribution in [2.24, 2.45) is 5.92 Å². The molecule has 144 valence electrons. The first-order valence-electron chi connectivity index (χ1n) is 9.15. The maximum atomic E-state index is 12.1. The number of hydrogen-bond donors (Lipinski definition) is 3. The number of carbonyl (C=O) groups excluding carboxylic acids is 2. The molecule has 0 heterocycles. The Morgan fingerprint density at radius 3 is 2.04 bits per heavy atom. The highest BCUT2D eigenvalue weighted by Crippen LogP contribution is 2.16. The summed E-state index contributed by atoms with van der Waals surface area (Å²) in [6.45, 7) is 6.56. The maximum Gasteiger partial charge on any atom is 0.243 e. The molecule has 0 unspecified atom stereocenters. The van der Waals surface area contributed by atoms with Crippen LogP contribution in [0.3, 0.4) is 0 Å². The molecule has 0 aromatic heterocycles. The topological polar surface area (TPSA) is 79.5 Å². The van der Waals surface area contributed by atoms with Crippen LogP contribution in [0.2, 0.25) is 0 Å². The van der Waals surface area contributed by atoms with E-state index in [0.29, 0.717) is 6.61 Å². The van der Waals surface area contributed by atoms with Gasteiger partial charge < -0.3 is 20.7 Å². The lowest BCUT2D eigenvalue weighted by atomic mass is 10.2. The van der Waals surface area contributed by atoms with E-state index in [0.717, 1.165) is 29.2 Å². The summed E-state index contributed by atoms with van der Waals surface area (Å²) in [5, 5.41) is 8.72. The van der Waals surface area contributed by atoms with Gasteiger partial charge in [-0.3, -0.25) is 9.59 Å². The van der Waals surface area contributed by atoms with Crippen molar-refractivity contribution in [3.63, 3.8) is 0 Å². The van der Waals surface area contributed by atoms with Crippen LogP contribution in [-0.2, 0) is 9.59 Å². The van der Waals surface area contributed by atoms with Crippen LogP contribution < -0.4 is 20.7 Å². The summed E-state index contributed by atoms with van der Waals surface area (Å²) in [6.07, 6.45) is 0.954. The van der Waals surface area contributed by atoms with Crippen LogP contribution in [0.25, 0.3) is 0 Å². The van der Waals surface area contributed by atoms with Crippen LogP contribution in [0.15, 0.2) is 48.5 Å². The van der Waals surface area contributed by atoms with Gasteiger partial charge in [0.1, 0.15) is 5.75 Å². The lowest BCUT2D eigenvalue weighted by molar-refractivity contribution is -0.119. The fraction of sp³-hybridized carbons (Fsp3) is 0.333. The van der Waals surface area contributed by atoms with Crippen molar-refractivity contribution in [3.8, 4) is 5.75 Å². The Morgan fingerprint density at radius 1 is 0.889 bits per heavy atom. The molecule has 0 saturated carbocycles. The number of benzene rings is 2. The van der Waals surface area contributed by atoms with Crippen molar-refractivity contribution in [1.29, 1.82) is 0 Å². The summed E-state index contributed by atoms with van der Waals surface area (Å²) in [7, 11) is 0. The van der Waals surface area contributed by atoms with Crippen LogP contribution in [0.4, 0.5) is 17.1 Å². The smallest absolute Gasteiger partial charge is 0.243 e. The van der Waals surface area contributed by atoms with E-state index >= 15 is 0 Å². The monoisotopic (exact) mass is 369 g/mol. The van der Waals surface area contributed by atoms with E-state index in [4.69, 9.17) is 4.74 Å². The van der Waals surface area contributed by atoms with E-state index in [2.05, 4.69) is 22.9 Å². The molecule has 2 aromatic carbocycles.